The number of aliphatic imine (C=N–C) groups is 1. The van der Waals surface area contributed by atoms with Crippen molar-refractivity contribution in [2.75, 3.05) is 0 Å². The summed E-state index contributed by atoms with van der Waals surface area (Å²) in [6.45, 7) is 1.75. The van der Waals surface area contributed by atoms with Crippen molar-refractivity contribution in [2.24, 2.45) is 4.99 Å². The first kappa shape index (κ1) is 20.1. The maximum atomic E-state index is 12.1. The van der Waals surface area contributed by atoms with Crippen molar-refractivity contribution in [1.29, 1.82) is 5.26 Å². The molecule has 9 heteroatoms. The van der Waals surface area contributed by atoms with Crippen LogP contribution in [0.3, 0.4) is 0 Å². The topological polar surface area (TPSA) is 126 Å². The Kier molecular flexibility index (Phi) is 5.66. The molecule has 0 saturated heterocycles. The number of rotatable bonds is 7. The molecule has 2 aromatic carbocycles. The van der Waals surface area contributed by atoms with E-state index in [2.05, 4.69) is 4.99 Å². The van der Waals surface area contributed by atoms with Gasteiger partial charge in [-0.15, -0.1) is 10.0 Å². The second-order valence-electron chi connectivity index (χ2n) is 6.20. The van der Waals surface area contributed by atoms with Crippen molar-refractivity contribution in [3.63, 3.8) is 0 Å². The number of non-ortho nitro benzene ring substituents is 1. The van der Waals surface area contributed by atoms with E-state index in [0.29, 0.717) is 15.5 Å². The zero-order valence-corrected chi connectivity index (χ0v) is 16.2. The smallest absolute Gasteiger partial charge is 0.343 e. The summed E-state index contributed by atoms with van der Waals surface area (Å²) in [5.74, 6) is -0.681. The molecular formula is C20H17N3O5S. The number of hydrogen-bond acceptors (Lipinski definition) is 6. The third kappa shape index (κ3) is 3.70. The van der Waals surface area contributed by atoms with Crippen molar-refractivity contribution in [2.45, 2.75) is 29.2 Å². The highest BCUT2D eigenvalue weighted by Gasteiger charge is 2.40. The summed E-state index contributed by atoms with van der Waals surface area (Å²) in [5, 5.41) is 29.8. The predicted molar refractivity (Wildman–Crippen MR) is 108 cm³/mol. The molecule has 0 radical (unpaired) electrons. The standard InChI is InChI=1S/C20H17N3O5S/c1-14(10-11-21)28-17-4-2-3-5-18(17)29(13-22-12-19(29)20(24)25)16-8-6-15(7-9-16)23(26)27/h2-9,12-14H,10H2,1H3,(H,24,25). The zero-order valence-electron chi connectivity index (χ0n) is 15.4. The molecule has 2 aromatic rings. The van der Waals surface area contributed by atoms with E-state index in [1.54, 1.807) is 48.9 Å². The van der Waals surface area contributed by atoms with Crippen molar-refractivity contribution in [1.82, 2.24) is 0 Å². The van der Waals surface area contributed by atoms with E-state index in [1.165, 1.54) is 18.3 Å². The molecule has 3 rings (SSSR count). The van der Waals surface area contributed by atoms with Gasteiger partial charge in [0.25, 0.3) is 5.69 Å². The van der Waals surface area contributed by atoms with Gasteiger partial charge in [-0.25, -0.2) is 4.79 Å². The van der Waals surface area contributed by atoms with Crippen LogP contribution in [0.4, 0.5) is 5.69 Å². The van der Waals surface area contributed by atoms with Crippen LogP contribution < -0.4 is 4.74 Å². The van der Waals surface area contributed by atoms with Crippen LogP contribution in [0.5, 0.6) is 5.75 Å². The highest BCUT2D eigenvalue weighted by Crippen LogP contribution is 2.70. The summed E-state index contributed by atoms with van der Waals surface area (Å²) in [7, 11) is -2.45. The van der Waals surface area contributed by atoms with Crippen LogP contribution >= 0.6 is 10.0 Å². The SMILES string of the molecule is CC(CC#N)Oc1ccccc1S1(c2ccc([N+](=O)[O-])cc2)C=NC=C1C(=O)O. The van der Waals surface area contributed by atoms with Crippen molar-refractivity contribution in [3.8, 4) is 11.8 Å². The van der Waals surface area contributed by atoms with Crippen molar-refractivity contribution in [3.05, 3.63) is 69.8 Å². The molecule has 0 saturated carbocycles. The highest BCUT2D eigenvalue weighted by atomic mass is 32.3. The lowest BCUT2D eigenvalue weighted by atomic mass is 10.3. The summed E-state index contributed by atoms with van der Waals surface area (Å²) in [6, 6.07) is 14.9. The van der Waals surface area contributed by atoms with E-state index in [1.807, 2.05) is 6.07 Å². The van der Waals surface area contributed by atoms with Gasteiger partial charge >= 0.3 is 5.97 Å². The monoisotopic (exact) mass is 411 g/mol. The second-order valence-corrected chi connectivity index (χ2v) is 9.08. The molecular weight excluding hydrogens is 394 g/mol. The van der Waals surface area contributed by atoms with Crippen LogP contribution in [0.2, 0.25) is 0 Å². The summed E-state index contributed by atoms with van der Waals surface area (Å²) < 4.78 is 5.94. The minimum absolute atomic E-state index is 0.0790. The van der Waals surface area contributed by atoms with Crippen LogP contribution in [0.1, 0.15) is 13.3 Å². The van der Waals surface area contributed by atoms with E-state index in [0.717, 1.165) is 0 Å². The third-order valence-corrected chi connectivity index (χ3v) is 7.75. The van der Waals surface area contributed by atoms with Crippen LogP contribution in [-0.2, 0) is 4.79 Å². The number of para-hydroxylation sites is 1. The minimum atomic E-state index is -2.45. The molecule has 0 spiro atoms. The summed E-state index contributed by atoms with van der Waals surface area (Å²) in [5.41, 5.74) is 1.49. The van der Waals surface area contributed by atoms with E-state index in [-0.39, 0.29) is 17.0 Å². The molecule has 0 bridgehead atoms. The predicted octanol–water partition coefficient (Wildman–Crippen LogP) is 4.47. The molecule has 1 aliphatic rings. The van der Waals surface area contributed by atoms with Gasteiger partial charge in [-0.1, -0.05) is 12.1 Å². The fourth-order valence-electron chi connectivity index (χ4n) is 3.00. The number of benzene rings is 2. The molecule has 148 valence electrons. The fraction of sp³-hybridized carbons (Fsp3) is 0.150. The van der Waals surface area contributed by atoms with Crippen LogP contribution in [0.15, 0.2) is 74.4 Å². The first-order valence-electron chi connectivity index (χ1n) is 8.57. The Labute approximate surface area is 168 Å². The van der Waals surface area contributed by atoms with Crippen molar-refractivity contribution >= 4 is 27.2 Å². The van der Waals surface area contributed by atoms with Gasteiger partial charge in [-0.3, -0.25) is 15.1 Å². The zero-order chi connectivity index (χ0) is 21.0. The molecule has 1 N–H and O–H groups in total. The molecule has 2 unspecified atom stereocenters. The fourth-order valence-corrected chi connectivity index (χ4v) is 6.13. The van der Waals surface area contributed by atoms with Crippen LogP contribution in [0, 0.1) is 21.4 Å². The maximum absolute atomic E-state index is 12.1. The first-order chi connectivity index (χ1) is 13.9. The van der Waals surface area contributed by atoms with Gasteiger partial charge in [0, 0.05) is 28.1 Å². The molecule has 2 atom stereocenters. The molecule has 1 heterocycles. The van der Waals surface area contributed by atoms with Gasteiger partial charge in [0.05, 0.1) is 23.0 Å². The average Bonchev–Trinajstić information content (AvgIpc) is 3.15. The molecule has 8 nitrogen and oxygen atoms in total. The van der Waals surface area contributed by atoms with Crippen LogP contribution in [0.25, 0.3) is 0 Å². The van der Waals surface area contributed by atoms with E-state index < -0.39 is 27.0 Å². The lowest BCUT2D eigenvalue weighted by molar-refractivity contribution is -0.384. The number of carboxylic acids is 1. The van der Waals surface area contributed by atoms with E-state index in [9.17, 15) is 20.0 Å². The number of nitrogens with zero attached hydrogens (tertiary/aromatic N) is 3. The van der Waals surface area contributed by atoms with Gasteiger partial charge in [0.2, 0.25) is 0 Å². The van der Waals surface area contributed by atoms with E-state index >= 15 is 0 Å². The Bertz CT molecular complexity index is 1060. The second kappa shape index (κ2) is 8.16. The van der Waals surface area contributed by atoms with Gasteiger partial charge in [-0.05, 0) is 31.2 Å². The van der Waals surface area contributed by atoms with Crippen molar-refractivity contribution < 1.29 is 19.6 Å². The number of carbonyl (C=O) groups is 1. The Morgan fingerprint density at radius 1 is 1.31 bits per heavy atom. The first-order valence-corrected chi connectivity index (χ1v) is 10.3. The Morgan fingerprint density at radius 2 is 2.00 bits per heavy atom. The Hall–Kier alpha value is -3.64. The Morgan fingerprint density at radius 3 is 2.62 bits per heavy atom. The average molecular weight is 411 g/mol. The molecule has 29 heavy (non-hydrogen) atoms. The summed E-state index contributed by atoms with van der Waals surface area (Å²) >= 11 is 0. The molecule has 0 aromatic heterocycles. The lowest BCUT2D eigenvalue weighted by Crippen LogP contribution is -2.15. The molecule has 0 fully saturated rings. The number of aliphatic carboxylic acids is 1. The number of ether oxygens (including phenoxy) is 1. The van der Waals surface area contributed by atoms with E-state index in [4.69, 9.17) is 10.00 Å². The molecule has 0 aliphatic carbocycles. The molecule has 1 aliphatic heterocycles. The van der Waals surface area contributed by atoms with Gasteiger partial charge in [-0.2, -0.15) is 5.26 Å². The third-order valence-electron chi connectivity index (χ3n) is 4.29. The quantitative estimate of drug-likeness (QED) is 0.529. The summed E-state index contributed by atoms with van der Waals surface area (Å²) in [6.07, 6.45) is 1.07. The number of carboxylic acid groups (broad SMARTS) is 1. The normalized spacial score (nSPS) is 20.8. The number of nitriles is 1. The highest BCUT2D eigenvalue weighted by molar-refractivity contribution is 8.47. The largest absolute Gasteiger partial charge is 0.488 e. The minimum Gasteiger partial charge on any atom is -0.488 e. The van der Waals surface area contributed by atoms with Gasteiger partial charge < -0.3 is 9.84 Å². The van der Waals surface area contributed by atoms with Gasteiger partial charge in [0.15, 0.2) is 0 Å². The number of nitro groups is 1. The maximum Gasteiger partial charge on any atom is 0.343 e. The lowest BCUT2D eigenvalue weighted by Gasteiger charge is -2.36. The van der Waals surface area contributed by atoms with Crippen LogP contribution in [-0.4, -0.2) is 27.6 Å². The Balaban J connectivity index is 2.20. The number of nitro benzene ring substituents is 1. The van der Waals surface area contributed by atoms with Gasteiger partial charge in [0.1, 0.15) is 16.8 Å². The molecule has 0 amide bonds. The number of hydrogen-bond donors (Lipinski definition) is 1. The summed E-state index contributed by atoms with van der Waals surface area (Å²) in [4.78, 5) is 28.0.